The topological polar surface area (TPSA) is 41.6 Å². The normalized spacial score (nSPS) is 15.0. The molecule has 29 heavy (non-hydrogen) atoms. The first kappa shape index (κ1) is 23.7. The van der Waals surface area contributed by atoms with Crippen LogP contribution in [0.25, 0.3) is 0 Å². The number of hydrogen-bond acceptors (Lipinski definition) is 3. The molecule has 0 unspecified atom stereocenters. The van der Waals surface area contributed by atoms with E-state index in [0.29, 0.717) is 5.92 Å². The third-order valence-electron chi connectivity index (χ3n) is 6.07. The van der Waals surface area contributed by atoms with Crippen LogP contribution in [-0.2, 0) is 11.3 Å². The Morgan fingerprint density at radius 1 is 1.10 bits per heavy atom. The molecule has 0 aromatic heterocycles. The smallest absolute Gasteiger partial charge is 0.225 e. The molecule has 0 spiro atoms. The zero-order valence-electron chi connectivity index (χ0n) is 19.1. The molecule has 164 valence electrons. The summed E-state index contributed by atoms with van der Waals surface area (Å²) in [5, 5.41) is 3.13. The van der Waals surface area contributed by atoms with Crippen LogP contribution in [0.2, 0.25) is 0 Å². The number of hydrogen-bond donors (Lipinski definition) is 1. The van der Waals surface area contributed by atoms with E-state index >= 15 is 0 Å². The summed E-state index contributed by atoms with van der Waals surface area (Å²) in [5.41, 5.74) is 1.28. The van der Waals surface area contributed by atoms with Gasteiger partial charge in [-0.2, -0.15) is 0 Å². The van der Waals surface area contributed by atoms with E-state index in [1.165, 1.54) is 24.8 Å². The van der Waals surface area contributed by atoms with Gasteiger partial charge in [0.25, 0.3) is 0 Å². The van der Waals surface area contributed by atoms with Gasteiger partial charge in [0.2, 0.25) is 5.91 Å². The van der Waals surface area contributed by atoms with Gasteiger partial charge in [-0.25, -0.2) is 0 Å². The number of ether oxygens (including phenoxy) is 1. The van der Waals surface area contributed by atoms with E-state index in [4.69, 9.17) is 4.74 Å². The summed E-state index contributed by atoms with van der Waals surface area (Å²) in [7, 11) is 0. The Morgan fingerprint density at radius 3 is 2.41 bits per heavy atom. The molecule has 0 bridgehead atoms. The molecule has 1 aliphatic rings. The van der Waals surface area contributed by atoms with Crippen LogP contribution in [0.15, 0.2) is 24.3 Å². The number of rotatable bonds is 14. The van der Waals surface area contributed by atoms with Gasteiger partial charge in [0.1, 0.15) is 5.75 Å². The molecule has 4 heteroatoms. The molecule has 0 atom stereocenters. The van der Waals surface area contributed by atoms with Crippen molar-refractivity contribution in [3.05, 3.63) is 29.8 Å². The van der Waals surface area contributed by atoms with Crippen LogP contribution in [0.4, 0.5) is 0 Å². The molecule has 1 aliphatic heterocycles. The lowest BCUT2D eigenvalue weighted by molar-refractivity contribution is -0.130. The van der Waals surface area contributed by atoms with Crippen molar-refractivity contribution in [1.29, 1.82) is 0 Å². The second kappa shape index (κ2) is 12.9. The van der Waals surface area contributed by atoms with E-state index in [0.717, 1.165) is 63.7 Å². The molecular formula is C25H42N2O2. The Morgan fingerprint density at radius 2 is 1.79 bits per heavy atom. The predicted octanol–water partition coefficient (Wildman–Crippen LogP) is 5.27. The number of nitrogens with one attached hydrogen (secondary N) is 1. The van der Waals surface area contributed by atoms with E-state index in [1.54, 1.807) is 0 Å². The van der Waals surface area contributed by atoms with Crippen LogP contribution in [0.5, 0.6) is 5.75 Å². The van der Waals surface area contributed by atoms with Gasteiger partial charge in [-0.05, 0) is 36.0 Å². The van der Waals surface area contributed by atoms with E-state index in [1.807, 2.05) is 0 Å². The highest BCUT2D eigenvalue weighted by molar-refractivity contribution is 5.80. The molecule has 1 saturated heterocycles. The van der Waals surface area contributed by atoms with Crippen molar-refractivity contribution in [2.24, 2.45) is 17.8 Å². The summed E-state index contributed by atoms with van der Waals surface area (Å²) < 4.78 is 5.86. The number of unbranched alkanes of at least 4 members (excludes halogenated alkanes) is 2. The van der Waals surface area contributed by atoms with Crippen LogP contribution in [0.1, 0.15) is 71.8 Å². The Kier molecular flexibility index (Phi) is 10.5. The first-order valence-corrected chi connectivity index (χ1v) is 11.7. The lowest BCUT2D eigenvalue weighted by Gasteiger charge is -2.38. The standard InChI is InChI=1S/C25H42N2O2/c1-5-21(6-2)16-26-25(28)23-18-27(19-23)17-22-11-13-24(14-12-22)29-15-9-7-8-10-20(3)4/h11-14,20-21,23H,5-10,15-19H2,1-4H3,(H,26,28). The van der Waals surface area contributed by atoms with Gasteiger partial charge in [0.05, 0.1) is 12.5 Å². The average molecular weight is 403 g/mol. The van der Waals surface area contributed by atoms with Gasteiger partial charge < -0.3 is 10.1 Å². The maximum Gasteiger partial charge on any atom is 0.225 e. The highest BCUT2D eigenvalue weighted by atomic mass is 16.5. The minimum Gasteiger partial charge on any atom is -0.494 e. The summed E-state index contributed by atoms with van der Waals surface area (Å²) in [6.07, 6.45) is 7.25. The van der Waals surface area contributed by atoms with Gasteiger partial charge in [-0.1, -0.05) is 71.9 Å². The van der Waals surface area contributed by atoms with Crippen molar-refractivity contribution in [2.45, 2.75) is 72.8 Å². The third kappa shape index (κ3) is 8.77. The Labute approximate surface area is 178 Å². The fourth-order valence-corrected chi connectivity index (χ4v) is 3.80. The molecule has 0 saturated carbocycles. The van der Waals surface area contributed by atoms with Gasteiger partial charge in [-0.3, -0.25) is 9.69 Å². The SMILES string of the molecule is CCC(CC)CNC(=O)C1CN(Cc2ccc(OCCCCCC(C)C)cc2)C1. The van der Waals surface area contributed by atoms with Crippen LogP contribution in [-0.4, -0.2) is 37.0 Å². The van der Waals surface area contributed by atoms with Gasteiger partial charge >= 0.3 is 0 Å². The van der Waals surface area contributed by atoms with Crippen LogP contribution in [0.3, 0.4) is 0 Å². The third-order valence-corrected chi connectivity index (χ3v) is 6.07. The number of nitrogens with zero attached hydrogens (tertiary/aromatic N) is 1. The number of likely N-dealkylation sites (tertiary alicyclic amines) is 1. The summed E-state index contributed by atoms with van der Waals surface area (Å²) in [4.78, 5) is 14.6. The number of benzene rings is 1. The van der Waals surface area contributed by atoms with Crippen molar-refractivity contribution in [2.75, 3.05) is 26.2 Å². The average Bonchev–Trinajstić information content (AvgIpc) is 2.68. The van der Waals surface area contributed by atoms with E-state index in [9.17, 15) is 4.79 Å². The van der Waals surface area contributed by atoms with Crippen molar-refractivity contribution in [3.63, 3.8) is 0 Å². The second-order valence-electron chi connectivity index (χ2n) is 9.05. The highest BCUT2D eigenvalue weighted by Crippen LogP contribution is 2.21. The zero-order valence-corrected chi connectivity index (χ0v) is 19.1. The molecule has 1 aromatic carbocycles. The van der Waals surface area contributed by atoms with Gasteiger partial charge in [0, 0.05) is 26.2 Å². The first-order valence-electron chi connectivity index (χ1n) is 11.7. The Bertz CT molecular complexity index is 575. The Balaban J connectivity index is 1.59. The van der Waals surface area contributed by atoms with Crippen LogP contribution < -0.4 is 10.1 Å². The maximum atomic E-state index is 12.2. The fraction of sp³-hybridized carbons (Fsp3) is 0.720. The monoisotopic (exact) mass is 402 g/mol. The lowest BCUT2D eigenvalue weighted by Crippen LogP contribution is -2.53. The minimum absolute atomic E-state index is 0.155. The van der Waals surface area contributed by atoms with Crippen LogP contribution in [0, 0.1) is 17.8 Å². The fourth-order valence-electron chi connectivity index (χ4n) is 3.80. The van der Waals surface area contributed by atoms with Crippen molar-refractivity contribution >= 4 is 5.91 Å². The molecule has 2 rings (SSSR count). The molecule has 4 nitrogen and oxygen atoms in total. The molecule has 1 heterocycles. The van der Waals surface area contributed by atoms with E-state index in [2.05, 4.69) is 62.2 Å². The summed E-state index contributed by atoms with van der Waals surface area (Å²) >= 11 is 0. The lowest BCUT2D eigenvalue weighted by atomic mass is 9.97. The molecule has 1 fully saturated rings. The zero-order chi connectivity index (χ0) is 21.1. The predicted molar refractivity (Wildman–Crippen MR) is 121 cm³/mol. The van der Waals surface area contributed by atoms with Gasteiger partial charge in [0.15, 0.2) is 0 Å². The van der Waals surface area contributed by atoms with Crippen molar-refractivity contribution < 1.29 is 9.53 Å². The summed E-state index contributed by atoms with van der Waals surface area (Å²) in [6, 6.07) is 8.44. The summed E-state index contributed by atoms with van der Waals surface area (Å²) in [5.74, 6) is 2.75. The largest absolute Gasteiger partial charge is 0.494 e. The molecule has 1 N–H and O–H groups in total. The molecule has 1 amide bonds. The summed E-state index contributed by atoms with van der Waals surface area (Å²) in [6.45, 7) is 13.2. The van der Waals surface area contributed by atoms with E-state index < -0.39 is 0 Å². The number of carbonyl (C=O) groups is 1. The Hall–Kier alpha value is -1.55. The molecule has 0 aliphatic carbocycles. The molecular weight excluding hydrogens is 360 g/mol. The van der Waals surface area contributed by atoms with Crippen molar-refractivity contribution in [3.8, 4) is 5.75 Å². The van der Waals surface area contributed by atoms with Crippen molar-refractivity contribution in [1.82, 2.24) is 10.2 Å². The van der Waals surface area contributed by atoms with E-state index in [-0.39, 0.29) is 11.8 Å². The quantitative estimate of drug-likeness (QED) is 0.431. The first-order chi connectivity index (χ1) is 14.0. The van der Waals surface area contributed by atoms with Crippen LogP contribution >= 0.6 is 0 Å². The highest BCUT2D eigenvalue weighted by Gasteiger charge is 2.32. The maximum absolute atomic E-state index is 12.2. The molecule has 1 aromatic rings. The number of amides is 1. The minimum atomic E-state index is 0.155. The molecule has 0 radical (unpaired) electrons. The number of carbonyl (C=O) groups excluding carboxylic acids is 1. The second-order valence-corrected chi connectivity index (χ2v) is 9.05. The van der Waals surface area contributed by atoms with Gasteiger partial charge in [-0.15, -0.1) is 0 Å².